The van der Waals surface area contributed by atoms with Gasteiger partial charge in [0.05, 0.1) is 6.10 Å². The Kier molecular flexibility index (Phi) is 6.26. The summed E-state index contributed by atoms with van der Waals surface area (Å²) in [4.78, 5) is 15.9. The molecule has 3 aromatic rings. The highest BCUT2D eigenvalue weighted by Crippen LogP contribution is 2.31. The van der Waals surface area contributed by atoms with Gasteiger partial charge < -0.3 is 10.0 Å². The van der Waals surface area contributed by atoms with Crippen LogP contribution in [-0.2, 0) is 24.3 Å². The molecule has 0 radical (unpaired) electrons. The van der Waals surface area contributed by atoms with E-state index in [1.807, 2.05) is 53.4 Å². The number of aliphatic hydroxyl groups is 1. The summed E-state index contributed by atoms with van der Waals surface area (Å²) in [6.07, 6.45) is 0.252. The molecule has 0 spiro atoms. The van der Waals surface area contributed by atoms with Gasteiger partial charge in [-0.3, -0.25) is 9.69 Å². The van der Waals surface area contributed by atoms with E-state index in [4.69, 9.17) is 0 Å². The summed E-state index contributed by atoms with van der Waals surface area (Å²) >= 11 is 0. The second kappa shape index (κ2) is 9.24. The van der Waals surface area contributed by atoms with Crippen LogP contribution in [0.4, 0.5) is 5.69 Å². The number of anilines is 1. The number of benzene rings is 3. The number of carbonyl (C=O) groups is 1. The Morgan fingerprint density at radius 1 is 0.967 bits per heavy atom. The standard InChI is InChI=1S/C26H28N2O2/c1-20(29)28-15-14-23-16-24(12-13-25(23)28)26(30)19-27(17-21-8-4-2-5-9-21)18-22-10-6-3-7-11-22/h2-13,16,26,30H,14-15,17-19H2,1H3. The van der Waals surface area contributed by atoms with Crippen molar-refractivity contribution < 1.29 is 9.90 Å². The number of rotatable bonds is 7. The van der Waals surface area contributed by atoms with Crippen LogP contribution in [0.1, 0.15) is 35.3 Å². The zero-order valence-corrected chi connectivity index (χ0v) is 17.4. The molecule has 30 heavy (non-hydrogen) atoms. The maximum atomic E-state index is 11.8. The van der Waals surface area contributed by atoms with Crippen molar-refractivity contribution in [1.82, 2.24) is 4.90 Å². The number of carbonyl (C=O) groups excluding carboxylic acids is 1. The molecule has 4 rings (SSSR count). The van der Waals surface area contributed by atoms with Crippen molar-refractivity contribution >= 4 is 11.6 Å². The van der Waals surface area contributed by atoms with E-state index < -0.39 is 6.10 Å². The summed E-state index contributed by atoms with van der Waals surface area (Å²) in [6, 6.07) is 26.7. The minimum absolute atomic E-state index is 0.0685. The Morgan fingerprint density at radius 3 is 2.13 bits per heavy atom. The van der Waals surface area contributed by atoms with Crippen LogP contribution in [-0.4, -0.2) is 29.0 Å². The quantitative estimate of drug-likeness (QED) is 0.642. The first kappa shape index (κ1) is 20.3. The molecule has 0 aliphatic carbocycles. The fourth-order valence-electron chi connectivity index (χ4n) is 4.17. The molecule has 0 aromatic heterocycles. The average molecular weight is 401 g/mol. The highest BCUT2D eigenvalue weighted by molar-refractivity contribution is 5.93. The van der Waals surface area contributed by atoms with Crippen molar-refractivity contribution in [2.24, 2.45) is 0 Å². The first-order valence-electron chi connectivity index (χ1n) is 10.5. The predicted molar refractivity (Wildman–Crippen MR) is 120 cm³/mol. The minimum Gasteiger partial charge on any atom is -0.387 e. The van der Waals surface area contributed by atoms with E-state index in [0.29, 0.717) is 6.54 Å². The highest BCUT2D eigenvalue weighted by atomic mass is 16.3. The number of hydrogen-bond acceptors (Lipinski definition) is 3. The van der Waals surface area contributed by atoms with Gasteiger partial charge in [0, 0.05) is 38.8 Å². The van der Waals surface area contributed by atoms with Gasteiger partial charge in [-0.1, -0.05) is 72.8 Å². The zero-order chi connectivity index (χ0) is 20.9. The van der Waals surface area contributed by atoms with Crippen LogP contribution in [0, 0.1) is 0 Å². The lowest BCUT2D eigenvalue weighted by Gasteiger charge is -2.26. The van der Waals surface area contributed by atoms with Gasteiger partial charge in [-0.2, -0.15) is 0 Å². The van der Waals surface area contributed by atoms with Gasteiger partial charge in [-0.25, -0.2) is 0 Å². The van der Waals surface area contributed by atoms with Gasteiger partial charge in [-0.15, -0.1) is 0 Å². The van der Waals surface area contributed by atoms with Crippen LogP contribution >= 0.6 is 0 Å². The normalized spacial score (nSPS) is 14.0. The van der Waals surface area contributed by atoms with Crippen molar-refractivity contribution in [2.45, 2.75) is 32.5 Å². The molecule has 0 bridgehead atoms. The molecule has 154 valence electrons. The van der Waals surface area contributed by atoms with Crippen molar-refractivity contribution in [2.75, 3.05) is 18.0 Å². The molecular weight excluding hydrogens is 372 g/mol. The summed E-state index contributed by atoms with van der Waals surface area (Å²) in [5.41, 5.74) is 5.48. The molecule has 0 fully saturated rings. The molecule has 4 heteroatoms. The smallest absolute Gasteiger partial charge is 0.223 e. The van der Waals surface area contributed by atoms with Crippen LogP contribution in [0.15, 0.2) is 78.9 Å². The largest absolute Gasteiger partial charge is 0.387 e. The van der Waals surface area contributed by atoms with Gasteiger partial charge in [0.1, 0.15) is 0 Å². The first-order valence-corrected chi connectivity index (χ1v) is 10.5. The van der Waals surface area contributed by atoms with Gasteiger partial charge in [0.25, 0.3) is 0 Å². The van der Waals surface area contributed by atoms with Crippen LogP contribution in [0.25, 0.3) is 0 Å². The van der Waals surface area contributed by atoms with Crippen LogP contribution in [0.2, 0.25) is 0 Å². The van der Waals surface area contributed by atoms with Crippen LogP contribution in [0.3, 0.4) is 0 Å². The summed E-state index contributed by atoms with van der Waals surface area (Å²) in [7, 11) is 0. The van der Waals surface area contributed by atoms with Gasteiger partial charge in [0.2, 0.25) is 5.91 Å². The predicted octanol–water partition coefficient (Wildman–Crippen LogP) is 4.33. The molecule has 1 aliphatic heterocycles. The van der Waals surface area contributed by atoms with Crippen LogP contribution in [0.5, 0.6) is 0 Å². The molecule has 0 saturated carbocycles. The summed E-state index contributed by atoms with van der Waals surface area (Å²) < 4.78 is 0. The van der Waals surface area contributed by atoms with Crippen molar-refractivity contribution in [3.05, 3.63) is 101 Å². The summed E-state index contributed by atoms with van der Waals surface area (Å²) in [5, 5.41) is 11.0. The summed E-state index contributed by atoms with van der Waals surface area (Å²) in [5.74, 6) is 0.0685. The van der Waals surface area contributed by atoms with E-state index in [0.717, 1.165) is 42.9 Å². The highest BCUT2D eigenvalue weighted by Gasteiger charge is 2.24. The lowest BCUT2D eigenvalue weighted by atomic mass is 10.0. The van der Waals surface area contributed by atoms with Gasteiger partial charge in [-0.05, 0) is 34.7 Å². The Bertz CT molecular complexity index is 947. The molecule has 1 aliphatic rings. The number of amides is 1. The van der Waals surface area contributed by atoms with E-state index in [9.17, 15) is 9.90 Å². The fourth-order valence-corrected chi connectivity index (χ4v) is 4.17. The molecule has 1 heterocycles. The number of fused-ring (bicyclic) bond motifs is 1. The van der Waals surface area contributed by atoms with E-state index in [-0.39, 0.29) is 5.91 Å². The third-order valence-corrected chi connectivity index (χ3v) is 5.69. The van der Waals surface area contributed by atoms with E-state index in [2.05, 4.69) is 35.2 Å². The Balaban J connectivity index is 1.51. The van der Waals surface area contributed by atoms with E-state index in [1.54, 1.807) is 6.92 Å². The van der Waals surface area contributed by atoms with E-state index in [1.165, 1.54) is 11.1 Å². The van der Waals surface area contributed by atoms with Crippen molar-refractivity contribution in [3.63, 3.8) is 0 Å². The third-order valence-electron chi connectivity index (χ3n) is 5.69. The summed E-state index contributed by atoms with van der Waals surface area (Å²) in [6.45, 7) is 4.41. The van der Waals surface area contributed by atoms with Gasteiger partial charge in [0.15, 0.2) is 0 Å². The molecule has 4 nitrogen and oxygen atoms in total. The number of aliphatic hydroxyl groups excluding tert-OH is 1. The first-order chi connectivity index (χ1) is 14.6. The third kappa shape index (κ3) is 4.78. The van der Waals surface area contributed by atoms with Gasteiger partial charge >= 0.3 is 0 Å². The molecular formula is C26H28N2O2. The van der Waals surface area contributed by atoms with E-state index >= 15 is 0 Å². The molecule has 1 atom stereocenters. The van der Waals surface area contributed by atoms with Crippen LogP contribution < -0.4 is 4.90 Å². The SMILES string of the molecule is CC(=O)N1CCc2cc(C(O)CN(Cc3ccccc3)Cc3ccccc3)ccc21. The monoisotopic (exact) mass is 400 g/mol. The lowest BCUT2D eigenvalue weighted by molar-refractivity contribution is -0.116. The minimum atomic E-state index is -0.589. The lowest BCUT2D eigenvalue weighted by Crippen LogP contribution is -2.28. The Morgan fingerprint density at radius 2 is 1.57 bits per heavy atom. The zero-order valence-electron chi connectivity index (χ0n) is 17.4. The number of nitrogens with zero attached hydrogens (tertiary/aromatic N) is 2. The second-order valence-corrected chi connectivity index (χ2v) is 7.97. The Hall–Kier alpha value is -2.95. The molecule has 1 N–H and O–H groups in total. The molecule has 3 aromatic carbocycles. The maximum Gasteiger partial charge on any atom is 0.223 e. The fraction of sp³-hybridized carbons (Fsp3) is 0.269. The second-order valence-electron chi connectivity index (χ2n) is 7.97. The molecule has 1 amide bonds. The number of hydrogen-bond donors (Lipinski definition) is 1. The van der Waals surface area contributed by atoms with Crippen molar-refractivity contribution in [1.29, 1.82) is 0 Å². The Labute approximate surface area is 178 Å². The maximum absolute atomic E-state index is 11.8. The molecule has 0 saturated heterocycles. The van der Waals surface area contributed by atoms with Crippen molar-refractivity contribution in [3.8, 4) is 0 Å². The topological polar surface area (TPSA) is 43.8 Å². The molecule has 1 unspecified atom stereocenters. The average Bonchev–Trinajstić information content (AvgIpc) is 3.19.